The molecule has 0 amide bonds. The van der Waals surface area contributed by atoms with Crippen molar-refractivity contribution in [2.24, 2.45) is 0 Å². The SMILES string of the molecule is C=C(C)c1ccc([C@@H](N[S@@+]([O-])C(C)(C)C)c2ccccc2)nc1. The first-order valence-corrected chi connectivity index (χ1v) is 8.79. The number of pyridine rings is 1. The Bertz CT molecular complexity index is 647. The van der Waals surface area contributed by atoms with Gasteiger partial charge in [0.15, 0.2) is 0 Å². The third-order valence-electron chi connectivity index (χ3n) is 3.49. The molecule has 122 valence electrons. The molecule has 23 heavy (non-hydrogen) atoms. The molecule has 0 radical (unpaired) electrons. The Kier molecular flexibility index (Phi) is 5.63. The van der Waals surface area contributed by atoms with Crippen LogP contribution in [0.15, 0.2) is 55.2 Å². The van der Waals surface area contributed by atoms with E-state index in [1.165, 1.54) is 0 Å². The van der Waals surface area contributed by atoms with Gasteiger partial charge in [-0.2, -0.15) is 0 Å². The van der Waals surface area contributed by atoms with Crippen LogP contribution in [0.4, 0.5) is 0 Å². The molecule has 4 heteroatoms. The number of aromatic nitrogens is 1. The molecule has 0 aliphatic carbocycles. The fourth-order valence-corrected chi connectivity index (χ4v) is 2.88. The van der Waals surface area contributed by atoms with Crippen molar-refractivity contribution in [2.45, 2.75) is 38.5 Å². The smallest absolute Gasteiger partial charge is 0.136 e. The van der Waals surface area contributed by atoms with E-state index in [2.05, 4.69) is 16.3 Å². The van der Waals surface area contributed by atoms with Gasteiger partial charge in [-0.15, -0.1) is 4.72 Å². The Hall–Kier alpha value is -1.62. The highest BCUT2D eigenvalue weighted by Crippen LogP contribution is 2.25. The minimum absolute atomic E-state index is 0.213. The molecule has 1 N–H and O–H groups in total. The Morgan fingerprint density at radius 1 is 1.17 bits per heavy atom. The zero-order valence-electron chi connectivity index (χ0n) is 14.2. The lowest BCUT2D eigenvalue weighted by atomic mass is 10.0. The van der Waals surface area contributed by atoms with Crippen molar-refractivity contribution in [2.75, 3.05) is 0 Å². The molecule has 1 aromatic carbocycles. The van der Waals surface area contributed by atoms with E-state index >= 15 is 0 Å². The summed E-state index contributed by atoms with van der Waals surface area (Å²) in [7, 11) is 0. The van der Waals surface area contributed by atoms with E-state index in [1.807, 2.05) is 76.4 Å². The number of rotatable bonds is 5. The lowest BCUT2D eigenvalue weighted by molar-refractivity contribution is 0.534. The van der Waals surface area contributed by atoms with Gasteiger partial charge in [0.25, 0.3) is 0 Å². The average Bonchev–Trinajstić information content (AvgIpc) is 2.52. The molecule has 0 unspecified atom stereocenters. The van der Waals surface area contributed by atoms with Crippen LogP contribution in [0.3, 0.4) is 0 Å². The normalized spacial score (nSPS) is 14.3. The molecule has 2 rings (SSSR count). The van der Waals surface area contributed by atoms with Crippen LogP contribution in [0.25, 0.3) is 5.57 Å². The molecule has 2 atom stereocenters. The summed E-state index contributed by atoms with van der Waals surface area (Å²) < 4.78 is 15.4. The summed E-state index contributed by atoms with van der Waals surface area (Å²) in [5.74, 6) is 0. The van der Waals surface area contributed by atoms with Crippen molar-refractivity contribution in [1.29, 1.82) is 0 Å². The van der Waals surface area contributed by atoms with Crippen molar-refractivity contribution in [3.8, 4) is 0 Å². The third-order valence-corrected chi connectivity index (χ3v) is 5.05. The summed E-state index contributed by atoms with van der Waals surface area (Å²) in [4.78, 5) is 4.55. The average molecular weight is 328 g/mol. The van der Waals surface area contributed by atoms with Crippen molar-refractivity contribution in [1.82, 2.24) is 9.71 Å². The molecule has 0 spiro atoms. The second-order valence-corrected chi connectivity index (χ2v) is 8.59. The third kappa shape index (κ3) is 4.67. The first kappa shape index (κ1) is 17.7. The van der Waals surface area contributed by atoms with Gasteiger partial charge in [0.05, 0.1) is 5.69 Å². The number of hydrogen-bond donors (Lipinski definition) is 1. The summed E-state index contributed by atoms with van der Waals surface area (Å²) >= 11 is -1.19. The Morgan fingerprint density at radius 3 is 2.30 bits per heavy atom. The molecule has 3 nitrogen and oxygen atoms in total. The summed E-state index contributed by atoms with van der Waals surface area (Å²) in [5.41, 5.74) is 3.88. The molecule has 0 saturated heterocycles. The van der Waals surface area contributed by atoms with Crippen LogP contribution < -0.4 is 4.72 Å². The molecule has 1 heterocycles. The van der Waals surface area contributed by atoms with Crippen molar-refractivity contribution in [3.05, 3.63) is 72.1 Å². The lowest BCUT2D eigenvalue weighted by Gasteiger charge is -2.28. The van der Waals surface area contributed by atoms with Crippen molar-refractivity contribution in [3.63, 3.8) is 0 Å². The number of benzene rings is 1. The van der Waals surface area contributed by atoms with E-state index in [4.69, 9.17) is 0 Å². The van der Waals surface area contributed by atoms with E-state index in [-0.39, 0.29) is 10.8 Å². The first-order valence-electron chi connectivity index (χ1n) is 7.64. The van der Waals surface area contributed by atoms with Gasteiger partial charge >= 0.3 is 0 Å². The Labute approximate surface area is 142 Å². The van der Waals surface area contributed by atoms with E-state index in [0.29, 0.717) is 0 Å². The quantitative estimate of drug-likeness (QED) is 0.834. The van der Waals surface area contributed by atoms with Crippen molar-refractivity contribution < 1.29 is 4.55 Å². The first-order chi connectivity index (χ1) is 10.8. The molecule has 2 aromatic rings. The van der Waals surface area contributed by atoms with Crippen LogP contribution >= 0.6 is 0 Å². The van der Waals surface area contributed by atoms with Gasteiger partial charge < -0.3 is 4.55 Å². The fourth-order valence-electron chi connectivity index (χ4n) is 2.06. The van der Waals surface area contributed by atoms with E-state index in [1.54, 1.807) is 0 Å². The molecule has 0 fully saturated rings. The predicted octanol–water partition coefficient (Wildman–Crippen LogP) is 4.26. The summed E-state index contributed by atoms with van der Waals surface area (Å²) in [5, 5.41) is 0. The zero-order chi connectivity index (χ0) is 17.0. The van der Waals surface area contributed by atoms with Gasteiger partial charge in [-0.3, -0.25) is 4.98 Å². The maximum atomic E-state index is 12.6. The monoisotopic (exact) mass is 328 g/mol. The predicted molar refractivity (Wildman–Crippen MR) is 98.3 cm³/mol. The minimum Gasteiger partial charge on any atom is -0.598 e. The van der Waals surface area contributed by atoms with Gasteiger partial charge in [0.1, 0.15) is 10.8 Å². The van der Waals surface area contributed by atoms with Crippen LogP contribution in [-0.4, -0.2) is 14.3 Å². The van der Waals surface area contributed by atoms with E-state index in [9.17, 15) is 4.55 Å². The molecule has 0 aliphatic heterocycles. The van der Waals surface area contributed by atoms with Crippen LogP contribution in [-0.2, 0) is 11.4 Å². The molecule has 0 saturated carbocycles. The highest BCUT2D eigenvalue weighted by atomic mass is 32.2. The van der Waals surface area contributed by atoms with Crippen LogP contribution in [0.2, 0.25) is 0 Å². The Balaban J connectivity index is 2.35. The van der Waals surface area contributed by atoms with E-state index < -0.39 is 11.4 Å². The molecular formula is C19H24N2OS. The highest BCUT2D eigenvalue weighted by Gasteiger charge is 2.31. The van der Waals surface area contributed by atoms with Gasteiger partial charge in [-0.05, 0) is 50.5 Å². The van der Waals surface area contributed by atoms with Crippen LogP contribution in [0.1, 0.15) is 50.6 Å². The minimum atomic E-state index is -1.19. The highest BCUT2D eigenvalue weighted by molar-refractivity contribution is 7.90. The Morgan fingerprint density at radius 2 is 1.83 bits per heavy atom. The number of nitrogens with one attached hydrogen (secondary N) is 1. The summed E-state index contributed by atoms with van der Waals surface area (Å²) in [6.07, 6.45) is 1.81. The molecule has 0 aliphatic rings. The maximum Gasteiger partial charge on any atom is 0.136 e. The van der Waals surface area contributed by atoms with Crippen molar-refractivity contribution >= 4 is 16.9 Å². The van der Waals surface area contributed by atoms with Gasteiger partial charge in [-0.25, -0.2) is 0 Å². The molecular weight excluding hydrogens is 304 g/mol. The summed E-state index contributed by atoms with van der Waals surface area (Å²) in [6, 6.07) is 13.7. The summed E-state index contributed by atoms with van der Waals surface area (Å²) in [6.45, 7) is 11.8. The number of allylic oxidation sites excluding steroid dienone is 1. The lowest BCUT2D eigenvalue weighted by Crippen LogP contribution is -2.41. The number of hydrogen-bond acceptors (Lipinski definition) is 3. The zero-order valence-corrected chi connectivity index (χ0v) is 15.0. The fraction of sp³-hybridized carbons (Fsp3) is 0.316. The standard InChI is InChI=1S/C19H24N2OS/c1-14(2)16-11-12-17(20-13-16)18(15-9-7-6-8-10-15)21-23(22)19(3,4)5/h6-13,18,21H,1H2,2-5H3/t18-,23-/m0/s1. The topological polar surface area (TPSA) is 48.0 Å². The number of nitrogens with zero attached hydrogens (tertiary/aromatic N) is 1. The van der Waals surface area contributed by atoms with Crippen LogP contribution in [0.5, 0.6) is 0 Å². The van der Waals surface area contributed by atoms with Gasteiger partial charge in [0, 0.05) is 17.6 Å². The maximum absolute atomic E-state index is 12.6. The van der Waals surface area contributed by atoms with E-state index in [0.717, 1.165) is 22.4 Å². The van der Waals surface area contributed by atoms with Crippen LogP contribution in [0, 0.1) is 0 Å². The second-order valence-electron chi connectivity index (χ2n) is 6.59. The van der Waals surface area contributed by atoms with Gasteiger partial charge in [0.2, 0.25) is 0 Å². The van der Waals surface area contributed by atoms with Gasteiger partial charge in [-0.1, -0.05) is 43.0 Å². The molecule has 1 aromatic heterocycles. The second kappa shape index (κ2) is 7.30. The molecule has 0 bridgehead atoms. The largest absolute Gasteiger partial charge is 0.598 e.